The van der Waals surface area contributed by atoms with Crippen LogP contribution in [0.3, 0.4) is 0 Å². The van der Waals surface area contributed by atoms with Gasteiger partial charge in [0.15, 0.2) is 0 Å². The molecule has 0 saturated carbocycles. The number of halogens is 2. The average Bonchev–Trinajstić information content (AvgIpc) is 2.75. The van der Waals surface area contributed by atoms with Crippen molar-refractivity contribution < 1.29 is 4.79 Å². The van der Waals surface area contributed by atoms with Crippen molar-refractivity contribution in [2.45, 2.75) is 6.54 Å². The molecule has 0 aliphatic heterocycles. The second-order valence-corrected chi connectivity index (χ2v) is 6.43. The third kappa shape index (κ3) is 3.22. The van der Waals surface area contributed by atoms with Crippen LogP contribution in [-0.4, -0.2) is 10.9 Å². The molecule has 0 radical (unpaired) electrons. The van der Waals surface area contributed by atoms with Crippen LogP contribution in [0.1, 0.15) is 15.2 Å². The molecule has 1 amide bonds. The van der Waals surface area contributed by atoms with Gasteiger partial charge >= 0.3 is 0 Å². The Morgan fingerprint density at radius 1 is 1.56 bits per heavy atom. The molecule has 2 rings (SSSR count). The Bertz CT molecular complexity index is 587. The van der Waals surface area contributed by atoms with E-state index in [0.717, 1.165) is 8.66 Å². The minimum atomic E-state index is -0.228. The summed E-state index contributed by atoms with van der Waals surface area (Å²) in [5.74, 6) is -0.00988. The van der Waals surface area contributed by atoms with E-state index in [2.05, 4.69) is 26.2 Å². The first kappa shape index (κ1) is 13.3. The summed E-state index contributed by atoms with van der Waals surface area (Å²) in [6.45, 7) is 0.469. The van der Waals surface area contributed by atoms with Crippen LogP contribution in [0.5, 0.6) is 0 Å². The zero-order chi connectivity index (χ0) is 13.1. The number of nitrogens with two attached hydrogens (primary N) is 1. The Labute approximate surface area is 121 Å². The van der Waals surface area contributed by atoms with E-state index in [1.165, 1.54) is 12.3 Å². The van der Waals surface area contributed by atoms with Crippen LogP contribution >= 0.6 is 38.9 Å². The first-order valence-electron chi connectivity index (χ1n) is 4.99. The lowest BCUT2D eigenvalue weighted by atomic mass is 10.2. The number of hydrogen-bond donors (Lipinski definition) is 2. The van der Waals surface area contributed by atoms with E-state index in [1.807, 2.05) is 12.1 Å². The summed E-state index contributed by atoms with van der Waals surface area (Å²) in [7, 11) is 0. The van der Waals surface area contributed by atoms with E-state index in [1.54, 1.807) is 11.3 Å². The number of carbonyl (C=O) groups excluding carboxylic acids is 1. The van der Waals surface area contributed by atoms with E-state index in [4.69, 9.17) is 17.3 Å². The Morgan fingerprint density at radius 2 is 2.33 bits per heavy atom. The van der Waals surface area contributed by atoms with Crippen molar-refractivity contribution in [3.8, 4) is 0 Å². The van der Waals surface area contributed by atoms with Gasteiger partial charge in [0, 0.05) is 11.1 Å². The van der Waals surface area contributed by atoms with Gasteiger partial charge in [-0.15, -0.1) is 11.3 Å². The van der Waals surface area contributed by atoms with Gasteiger partial charge in [0.2, 0.25) is 0 Å². The predicted molar refractivity (Wildman–Crippen MR) is 76.8 cm³/mol. The van der Waals surface area contributed by atoms with Crippen LogP contribution in [0.4, 0.5) is 5.82 Å². The van der Waals surface area contributed by atoms with E-state index in [9.17, 15) is 4.79 Å². The van der Waals surface area contributed by atoms with Crippen molar-refractivity contribution in [1.82, 2.24) is 10.3 Å². The monoisotopic (exact) mass is 345 g/mol. The standard InChI is InChI=1S/C11H9BrClN3OS/c12-9-2-1-7(18-9)5-16-11(17)6-3-8(13)10(14)15-4-6/h1-4H,5H2,(H2,14,15)(H,16,17). The predicted octanol–water partition coefficient (Wildman–Crippen LogP) is 3.07. The molecule has 18 heavy (non-hydrogen) atoms. The van der Waals surface area contributed by atoms with Crippen molar-refractivity contribution in [3.63, 3.8) is 0 Å². The molecular weight excluding hydrogens is 338 g/mol. The maximum absolute atomic E-state index is 11.8. The molecule has 0 fully saturated rings. The van der Waals surface area contributed by atoms with Gasteiger partial charge in [-0.1, -0.05) is 11.6 Å². The van der Waals surface area contributed by atoms with Crippen molar-refractivity contribution in [1.29, 1.82) is 0 Å². The summed E-state index contributed by atoms with van der Waals surface area (Å²) < 4.78 is 1.03. The summed E-state index contributed by atoms with van der Waals surface area (Å²) >= 11 is 10.7. The highest BCUT2D eigenvalue weighted by Crippen LogP contribution is 2.22. The Balaban J connectivity index is 2.01. The normalized spacial score (nSPS) is 10.3. The second-order valence-electron chi connectivity index (χ2n) is 3.48. The molecule has 0 aliphatic rings. The molecule has 2 heterocycles. The fourth-order valence-corrected chi connectivity index (χ4v) is 2.88. The highest BCUT2D eigenvalue weighted by atomic mass is 79.9. The quantitative estimate of drug-likeness (QED) is 0.897. The number of rotatable bonds is 3. The van der Waals surface area contributed by atoms with Crippen LogP contribution in [0.25, 0.3) is 0 Å². The number of aromatic nitrogens is 1. The molecule has 2 aromatic rings. The Kier molecular flexibility index (Phi) is 4.21. The van der Waals surface area contributed by atoms with E-state index >= 15 is 0 Å². The summed E-state index contributed by atoms with van der Waals surface area (Å²) in [5.41, 5.74) is 5.87. The maximum atomic E-state index is 11.8. The number of amides is 1. The van der Waals surface area contributed by atoms with E-state index in [-0.39, 0.29) is 16.7 Å². The number of anilines is 1. The van der Waals surface area contributed by atoms with Gasteiger partial charge in [0.05, 0.1) is 20.9 Å². The molecule has 0 aliphatic carbocycles. The van der Waals surface area contributed by atoms with Gasteiger partial charge in [0.25, 0.3) is 5.91 Å². The fourth-order valence-electron chi connectivity index (χ4n) is 1.29. The van der Waals surface area contributed by atoms with Gasteiger partial charge in [-0.25, -0.2) is 4.98 Å². The van der Waals surface area contributed by atoms with Crippen LogP contribution in [0, 0.1) is 0 Å². The van der Waals surface area contributed by atoms with Crippen LogP contribution < -0.4 is 11.1 Å². The first-order chi connectivity index (χ1) is 8.56. The number of pyridine rings is 1. The van der Waals surface area contributed by atoms with E-state index in [0.29, 0.717) is 12.1 Å². The Hall–Kier alpha value is -1.11. The first-order valence-corrected chi connectivity index (χ1v) is 6.98. The Morgan fingerprint density at radius 3 is 2.94 bits per heavy atom. The molecule has 94 valence electrons. The van der Waals surface area contributed by atoms with Crippen molar-refractivity contribution in [2.24, 2.45) is 0 Å². The summed E-state index contributed by atoms with van der Waals surface area (Å²) in [4.78, 5) is 16.7. The molecule has 0 spiro atoms. The average molecular weight is 347 g/mol. The van der Waals surface area contributed by atoms with Gasteiger partial charge in [0.1, 0.15) is 5.82 Å². The number of thiophene rings is 1. The highest BCUT2D eigenvalue weighted by Gasteiger charge is 2.08. The molecule has 7 heteroatoms. The zero-order valence-corrected chi connectivity index (χ0v) is 12.3. The SMILES string of the molecule is Nc1ncc(C(=O)NCc2ccc(Br)s2)cc1Cl. The molecule has 0 saturated heterocycles. The fraction of sp³-hybridized carbons (Fsp3) is 0.0909. The third-order valence-corrected chi connectivity index (χ3v) is 4.11. The van der Waals surface area contributed by atoms with Crippen molar-refractivity contribution in [3.05, 3.63) is 43.6 Å². The number of hydrogen-bond acceptors (Lipinski definition) is 4. The van der Waals surface area contributed by atoms with Crippen molar-refractivity contribution >= 4 is 50.6 Å². The molecule has 0 atom stereocenters. The topological polar surface area (TPSA) is 68.0 Å². The molecule has 2 aromatic heterocycles. The lowest BCUT2D eigenvalue weighted by Crippen LogP contribution is -2.22. The van der Waals surface area contributed by atoms with Crippen molar-refractivity contribution in [2.75, 3.05) is 5.73 Å². The molecule has 0 aromatic carbocycles. The lowest BCUT2D eigenvalue weighted by molar-refractivity contribution is 0.0951. The smallest absolute Gasteiger partial charge is 0.253 e. The second kappa shape index (κ2) is 5.69. The van der Waals surface area contributed by atoms with Gasteiger partial charge in [-0.05, 0) is 34.1 Å². The minimum absolute atomic E-state index is 0.218. The summed E-state index contributed by atoms with van der Waals surface area (Å²) in [5, 5.41) is 3.07. The summed E-state index contributed by atoms with van der Waals surface area (Å²) in [6.07, 6.45) is 1.40. The molecule has 3 N–H and O–H groups in total. The molecular formula is C11H9BrClN3OS. The van der Waals surface area contributed by atoms with Gasteiger partial charge < -0.3 is 11.1 Å². The van der Waals surface area contributed by atoms with Crippen LogP contribution in [0.2, 0.25) is 5.02 Å². The zero-order valence-electron chi connectivity index (χ0n) is 9.11. The summed E-state index contributed by atoms with van der Waals surface area (Å²) in [6, 6.07) is 5.39. The van der Waals surface area contributed by atoms with Gasteiger partial charge in [-0.3, -0.25) is 4.79 Å². The number of nitrogens with zero attached hydrogens (tertiary/aromatic N) is 1. The number of nitrogens with one attached hydrogen (secondary N) is 1. The van der Waals surface area contributed by atoms with Crippen LogP contribution in [0.15, 0.2) is 28.2 Å². The number of carbonyl (C=O) groups is 1. The highest BCUT2D eigenvalue weighted by molar-refractivity contribution is 9.11. The maximum Gasteiger partial charge on any atom is 0.253 e. The molecule has 0 unspecified atom stereocenters. The largest absolute Gasteiger partial charge is 0.382 e. The van der Waals surface area contributed by atoms with Crippen LogP contribution in [-0.2, 0) is 6.54 Å². The lowest BCUT2D eigenvalue weighted by Gasteiger charge is -2.04. The van der Waals surface area contributed by atoms with E-state index < -0.39 is 0 Å². The third-order valence-electron chi connectivity index (χ3n) is 2.18. The number of nitrogen functional groups attached to an aromatic ring is 1. The van der Waals surface area contributed by atoms with Gasteiger partial charge in [-0.2, -0.15) is 0 Å². The minimum Gasteiger partial charge on any atom is -0.382 e. The molecule has 0 bridgehead atoms. The molecule has 4 nitrogen and oxygen atoms in total.